The van der Waals surface area contributed by atoms with Crippen LogP contribution in [0, 0.1) is 6.92 Å². The van der Waals surface area contributed by atoms with Gasteiger partial charge in [0.05, 0.1) is 15.5 Å². The highest BCUT2D eigenvalue weighted by molar-refractivity contribution is 7.93. The van der Waals surface area contributed by atoms with Crippen LogP contribution in [0.15, 0.2) is 52.3 Å². The Morgan fingerprint density at radius 3 is 2.22 bits per heavy atom. The fourth-order valence-corrected chi connectivity index (χ4v) is 4.03. The van der Waals surface area contributed by atoms with Crippen LogP contribution in [-0.2, 0) is 26.5 Å². The number of rotatable bonds is 5. The smallest absolute Gasteiger partial charge is 0.261 e. The number of nitrogens with two attached hydrogens (primary N) is 1. The summed E-state index contributed by atoms with van der Waals surface area (Å²) in [5.41, 5.74) is 2.16. The van der Waals surface area contributed by atoms with E-state index >= 15 is 0 Å². The second-order valence-electron chi connectivity index (χ2n) is 5.09. The molecule has 0 fully saturated rings. The summed E-state index contributed by atoms with van der Waals surface area (Å²) >= 11 is 0. The summed E-state index contributed by atoms with van der Waals surface area (Å²) in [6.45, 7) is 3.73. The van der Waals surface area contributed by atoms with Gasteiger partial charge >= 0.3 is 0 Å². The first kappa shape index (κ1) is 17.5. The Balaban J connectivity index is 2.49. The first-order valence-corrected chi connectivity index (χ1v) is 9.92. The molecule has 0 heterocycles. The van der Waals surface area contributed by atoms with Gasteiger partial charge in [-0.1, -0.05) is 31.2 Å². The zero-order valence-electron chi connectivity index (χ0n) is 12.8. The Bertz CT molecular complexity index is 936. The predicted molar refractivity (Wildman–Crippen MR) is 89.2 cm³/mol. The molecule has 0 saturated carbocycles. The lowest BCUT2D eigenvalue weighted by Crippen LogP contribution is -2.17. The molecule has 0 aliphatic carbocycles. The first-order valence-electron chi connectivity index (χ1n) is 6.89. The molecule has 0 amide bonds. The molecule has 8 heteroatoms. The van der Waals surface area contributed by atoms with Gasteiger partial charge in [0.25, 0.3) is 10.0 Å². The van der Waals surface area contributed by atoms with Crippen LogP contribution < -0.4 is 9.86 Å². The number of anilines is 1. The molecule has 6 nitrogen and oxygen atoms in total. The van der Waals surface area contributed by atoms with E-state index in [1.807, 2.05) is 19.1 Å². The Morgan fingerprint density at radius 2 is 1.61 bits per heavy atom. The summed E-state index contributed by atoms with van der Waals surface area (Å²) in [6.07, 6.45) is 0.663. The molecule has 0 bridgehead atoms. The summed E-state index contributed by atoms with van der Waals surface area (Å²) < 4.78 is 50.4. The molecule has 0 unspecified atom stereocenters. The van der Waals surface area contributed by atoms with Gasteiger partial charge in [0.15, 0.2) is 0 Å². The number of hydrogen-bond acceptors (Lipinski definition) is 4. The van der Waals surface area contributed by atoms with Crippen LogP contribution in [0.3, 0.4) is 0 Å². The topological polar surface area (TPSA) is 106 Å². The molecule has 124 valence electrons. The second kappa shape index (κ2) is 6.31. The fraction of sp³-hybridized carbons (Fsp3) is 0.200. The summed E-state index contributed by atoms with van der Waals surface area (Å²) in [5.74, 6) is 0. The Hall–Kier alpha value is -1.90. The average Bonchev–Trinajstić information content (AvgIpc) is 2.48. The van der Waals surface area contributed by atoms with E-state index in [4.69, 9.17) is 5.14 Å². The largest absolute Gasteiger partial charge is 0.279 e. The molecule has 23 heavy (non-hydrogen) atoms. The van der Waals surface area contributed by atoms with Gasteiger partial charge < -0.3 is 0 Å². The first-order chi connectivity index (χ1) is 10.6. The predicted octanol–water partition coefficient (Wildman–Crippen LogP) is 2.01. The van der Waals surface area contributed by atoms with Gasteiger partial charge in [0, 0.05) is 0 Å². The van der Waals surface area contributed by atoms with Crippen molar-refractivity contribution in [3.05, 3.63) is 53.6 Å². The minimum absolute atomic E-state index is 0.158. The number of primary sulfonamides is 1. The maximum absolute atomic E-state index is 12.6. The van der Waals surface area contributed by atoms with Crippen molar-refractivity contribution in [2.75, 3.05) is 4.72 Å². The van der Waals surface area contributed by atoms with Crippen molar-refractivity contribution < 1.29 is 16.8 Å². The van der Waals surface area contributed by atoms with E-state index in [1.54, 1.807) is 13.0 Å². The lowest BCUT2D eigenvalue weighted by molar-refractivity contribution is 0.597. The van der Waals surface area contributed by atoms with Gasteiger partial charge in [0.2, 0.25) is 10.0 Å². The summed E-state index contributed by atoms with van der Waals surface area (Å²) in [4.78, 5) is -0.407. The third-order valence-electron chi connectivity index (χ3n) is 3.42. The van der Waals surface area contributed by atoms with Gasteiger partial charge in [-0.05, 0) is 42.7 Å². The molecule has 0 radical (unpaired) electrons. The quantitative estimate of drug-likeness (QED) is 0.856. The Kier molecular flexibility index (Phi) is 4.79. The van der Waals surface area contributed by atoms with E-state index in [9.17, 15) is 16.8 Å². The van der Waals surface area contributed by atoms with E-state index in [1.165, 1.54) is 18.2 Å². The maximum Gasteiger partial charge on any atom is 0.261 e. The molecule has 0 saturated heterocycles. The molecular weight excluding hydrogens is 336 g/mol. The molecule has 3 N–H and O–H groups in total. The molecule has 0 aliphatic rings. The van der Waals surface area contributed by atoms with Crippen molar-refractivity contribution in [2.24, 2.45) is 5.14 Å². The molecule has 2 aromatic rings. The third-order valence-corrected chi connectivity index (χ3v) is 5.68. The number of sulfonamides is 2. The van der Waals surface area contributed by atoms with Crippen LogP contribution in [0.1, 0.15) is 18.1 Å². The van der Waals surface area contributed by atoms with Crippen LogP contribution >= 0.6 is 0 Å². The van der Waals surface area contributed by atoms with Crippen LogP contribution in [-0.4, -0.2) is 16.8 Å². The van der Waals surface area contributed by atoms with Gasteiger partial charge in [-0.15, -0.1) is 0 Å². The van der Waals surface area contributed by atoms with E-state index in [0.717, 1.165) is 17.2 Å². The lowest BCUT2D eigenvalue weighted by Gasteiger charge is -2.14. The van der Waals surface area contributed by atoms with Crippen LogP contribution in [0.25, 0.3) is 0 Å². The number of para-hydroxylation sites is 1. The monoisotopic (exact) mass is 354 g/mol. The molecule has 0 atom stereocenters. The van der Waals surface area contributed by atoms with Crippen LogP contribution in [0.4, 0.5) is 5.69 Å². The van der Waals surface area contributed by atoms with E-state index in [2.05, 4.69) is 4.72 Å². The van der Waals surface area contributed by atoms with Crippen LogP contribution in [0.2, 0.25) is 0 Å². The summed E-state index contributed by atoms with van der Waals surface area (Å²) in [5, 5.41) is 5.05. The number of benzene rings is 2. The van der Waals surface area contributed by atoms with E-state index < -0.39 is 20.0 Å². The summed E-state index contributed by atoms with van der Waals surface area (Å²) in [6, 6.07) is 10.5. The molecule has 0 aliphatic heterocycles. The van der Waals surface area contributed by atoms with Gasteiger partial charge in [0.1, 0.15) is 0 Å². The van der Waals surface area contributed by atoms with Crippen molar-refractivity contribution in [3.63, 3.8) is 0 Å². The van der Waals surface area contributed by atoms with Crippen molar-refractivity contribution in [2.45, 2.75) is 30.1 Å². The molecule has 0 aromatic heterocycles. The van der Waals surface area contributed by atoms with Crippen molar-refractivity contribution in [1.82, 2.24) is 0 Å². The lowest BCUT2D eigenvalue weighted by atomic mass is 10.1. The van der Waals surface area contributed by atoms with Gasteiger partial charge in [-0.25, -0.2) is 22.0 Å². The molecule has 2 aromatic carbocycles. The zero-order chi connectivity index (χ0) is 17.3. The molecular formula is C15H18N2O4S2. The fourth-order valence-electron chi connectivity index (χ4n) is 2.18. The van der Waals surface area contributed by atoms with Crippen molar-refractivity contribution in [1.29, 1.82) is 0 Å². The zero-order valence-corrected chi connectivity index (χ0v) is 14.4. The average molecular weight is 354 g/mol. The normalized spacial score (nSPS) is 12.1. The maximum atomic E-state index is 12.6. The number of nitrogens with one attached hydrogen (secondary N) is 1. The third kappa shape index (κ3) is 3.90. The highest BCUT2D eigenvalue weighted by atomic mass is 32.2. The highest BCUT2D eigenvalue weighted by Crippen LogP contribution is 2.25. The van der Waals surface area contributed by atoms with Gasteiger partial charge in [-0.2, -0.15) is 0 Å². The highest BCUT2D eigenvalue weighted by Gasteiger charge is 2.19. The number of hydrogen-bond donors (Lipinski definition) is 2. The Labute approximate surface area is 136 Å². The number of aryl methyl sites for hydroxylation is 2. The van der Waals surface area contributed by atoms with E-state index in [-0.39, 0.29) is 9.79 Å². The second-order valence-corrected chi connectivity index (χ2v) is 8.33. The van der Waals surface area contributed by atoms with Crippen molar-refractivity contribution >= 4 is 25.7 Å². The summed E-state index contributed by atoms with van der Waals surface area (Å²) in [7, 11) is -7.89. The Morgan fingerprint density at radius 1 is 1.00 bits per heavy atom. The van der Waals surface area contributed by atoms with Crippen LogP contribution in [0.5, 0.6) is 0 Å². The van der Waals surface area contributed by atoms with E-state index in [0.29, 0.717) is 12.1 Å². The standard InChI is InChI=1S/C15H18N2O4S2/c1-3-12-7-4-6-11(2)15(12)17-23(20,21)14-9-5-8-13(10-14)22(16,18)19/h4-10,17H,3H2,1-2H3,(H2,16,18,19). The molecule has 2 rings (SSSR count). The minimum Gasteiger partial charge on any atom is -0.279 e. The molecule has 0 spiro atoms. The van der Waals surface area contributed by atoms with Crippen molar-refractivity contribution in [3.8, 4) is 0 Å². The SMILES string of the molecule is CCc1cccc(C)c1NS(=O)(=O)c1cccc(S(N)(=O)=O)c1. The van der Waals surface area contributed by atoms with Gasteiger partial charge in [-0.3, -0.25) is 4.72 Å². The minimum atomic E-state index is -3.97.